The number of nitrogens with two attached hydrogens (primary N) is 1. The number of rotatable bonds is 11. The van der Waals surface area contributed by atoms with Gasteiger partial charge < -0.3 is 25.2 Å². The lowest BCUT2D eigenvalue weighted by Crippen LogP contribution is -2.38. The normalized spacial score (nSPS) is 15.1. The van der Waals surface area contributed by atoms with Gasteiger partial charge in [0.25, 0.3) is 0 Å². The minimum atomic E-state index is -4.53. The topological polar surface area (TPSA) is 183 Å². The molecule has 0 saturated carbocycles. The number of phosphoric ester groups is 1. The van der Waals surface area contributed by atoms with Crippen molar-refractivity contribution in [3.63, 3.8) is 0 Å². The zero-order valence-electron chi connectivity index (χ0n) is 20.2. The smallest absolute Gasteiger partial charge is 0.376 e. The van der Waals surface area contributed by atoms with E-state index in [-0.39, 0.29) is 24.9 Å². The van der Waals surface area contributed by atoms with Crippen LogP contribution in [0.2, 0.25) is 0 Å². The lowest BCUT2D eigenvalue weighted by Gasteiger charge is -2.34. The molecule has 1 amide bonds. The van der Waals surface area contributed by atoms with E-state index in [9.17, 15) is 19.9 Å². The van der Waals surface area contributed by atoms with Gasteiger partial charge in [-0.2, -0.15) is 10.5 Å². The molecule has 0 radical (unpaired) electrons. The number of pyridine rings is 1. The van der Waals surface area contributed by atoms with Gasteiger partial charge in [0.15, 0.2) is 0 Å². The number of phosphoric acid groups is 1. The van der Waals surface area contributed by atoms with Gasteiger partial charge in [-0.1, -0.05) is 49.0 Å². The van der Waals surface area contributed by atoms with Crippen LogP contribution in [-0.4, -0.2) is 53.1 Å². The monoisotopic (exact) mass is 545 g/mol. The first kappa shape index (κ1) is 28.6. The maximum Gasteiger partial charge on any atom is 0.469 e. The Balaban J connectivity index is 1.85. The SMILES string of the molecule is CCc1c(C#N)c(SC(C(N)=O)c2ccccc2)nc(N2CCC(OCCOP(=O)(O)O)CC2)c1C#N. The van der Waals surface area contributed by atoms with E-state index in [1.807, 2.05) is 17.9 Å². The second kappa shape index (κ2) is 13.0. The number of nitriles is 2. The van der Waals surface area contributed by atoms with Crippen molar-refractivity contribution >= 4 is 31.3 Å². The van der Waals surface area contributed by atoms with Crippen molar-refractivity contribution in [3.8, 4) is 12.1 Å². The zero-order chi connectivity index (χ0) is 27.0. The van der Waals surface area contributed by atoms with Crippen LogP contribution in [0, 0.1) is 22.7 Å². The number of benzene rings is 1. The van der Waals surface area contributed by atoms with Crippen LogP contribution in [0.25, 0.3) is 0 Å². The molecule has 0 bridgehead atoms. The summed E-state index contributed by atoms with van der Waals surface area (Å²) >= 11 is 1.10. The summed E-state index contributed by atoms with van der Waals surface area (Å²) in [5, 5.41) is 19.5. The maximum absolute atomic E-state index is 12.3. The van der Waals surface area contributed by atoms with Gasteiger partial charge >= 0.3 is 7.82 Å². The molecular weight excluding hydrogens is 517 g/mol. The number of hydrogen-bond acceptors (Lipinski definition) is 9. The van der Waals surface area contributed by atoms with E-state index >= 15 is 0 Å². The first-order valence-electron chi connectivity index (χ1n) is 11.6. The third kappa shape index (κ3) is 7.53. The molecule has 1 aromatic heterocycles. The molecule has 1 unspecified atom stereocenters. The number of carbonyl (C=O) groups is 1. The number of ether oxygens (including phenoxy) is 1. The minimum Gasteiger partial charge on any atom is -0.376 e. The fourth-order valence-electron chi connectivity index (χ4n) is 4.13. The maximum atomic E-state index is 12.3. The number of aromatic nitrogens is 1. The van der Waals surface area contributed by atoms with E-state index in [0.29, 0.717) is 59.9 Å². The van der Waals surface area contributed by atoms with E-state index in [0.717, 1.165) is 11.8 Å². The highest BCUT2D eigenvalue weighted by atomic mass is 32.2. The van der Waals surface area contributed by atoms with E-state index in [1.165, 1.54) is 0 Å². The third-order valence-corrected chi connectivity index (χ3v) is 7.63. The molecule has 1 aliphatic rings. The number of carbonyl (C=O) groups excluding carboxylic acids is 1. The highest BCUT2D eigenvalue weighted by molar-refractivity contribution is 8.00. The Bertz CT molecular complexity index is 1230. The lowest BCUT2D eigenvalue weighted by molar-refractivity contribution is -0.117. The van der Waals surface area contributed by atoms with Crippen molar-refractivity contribution in [2.45, 2.75) is 42.6 Å². The van der Waals surface area contributed by atoms with Crippen LogP contribution in [0.4, 0.5) is 5.82 Å². The molecule has 1 aliphatic heterocycles. The lowest BCUT2D eigenvalue weighted by atomic mass is 10.0. The summed E-state index contributed by atoms with van der Waals surface area (Å²) in [5.41, 5.74) is 7.56. The van der Waals surface area contributed by atoms with Crippen molar-refractivity contribution < 1.29 is 28.4 Å². The first-order chi connectivity index (χ1) is 17.7. The molecule has 1 atom stereocenters. The summed E-state index contributed by atoms with van der Waals surface area (Å²) in [6.45, 7) is 2.72. The highest BCUT2D eigenvalue weighted by Crippen LogP contribution is 2.40. The second-order valence-electron chi connectivity index (χ2n) is 8.24. The average Bonchev–Trinajstić information content (AvgIpc) is 2.88. The number of anilines is 1. The average molecular weight is 546 g/mol. The fraction of sp³-hybridized carbons (Fsp3) is 0.417. The molecular formula is C24H28N5O6PS. The molecule has 0 aliphatic carbocycles. The Hall–Kier alpha value is -2.96. The third-order valence-electron chi connectivity index (χ3n) is 5.85. The van der Waals surface area contributed by atoms with Crippen molar-refractivity contribution in [2.75, 3.05) is 31.2 Å². The molecule has 4 N–H and O–H groups in total. The van der Waals surface area contributed by atoms with Crippen LogP contribution < -0.4 is 10.6 Å². The predicted molar refractivity (Wildman–Crippen MR) is 136 cm³/mol. The molecule has 13 heteroatoms. The van der Waals surface area contributed by atoms with Crippen molar-refractivity contribution in [2.24, 2.45) is 5.73 Å². The summed E-state index contributed by atoms with van der Waals surface area (Å²) in [5.74, 6) is -0.119. The molecule has 1 aromatic carbocycles. The zero-order valence-corrected chi connectivity index (χ0v) is 22.0. The van der Waals surface area contributed by atoms with Gasteiger partial charge in [-0.15, -0.1) is 0 Å². The van der Waals surface area contributed by atoms with Crippen LogP contribution in [0.5, 0.6) is 0 Å². The first-order valence-corrected chi connectivity index (χ1v) is 14.0. The summed E-state index contributed by atoms with van der Waals surface area (Å²) in [6.07, 6.45) is 1.48. The number of hydrogen-bond donors (Lipinski definition) is 3. The highest BCUT2D eigenvalue weighted by Gasteiger charge is 2.29. The summed E-state index contributed by atoms with van der Waals surface area (Å²) < 4.78 is 20.9. The van der Waals surface area contributed by atoms with Crippen molar-refractivity contribution in [3.05, 3.63) is 52.6 Å². The Morgan fingerprint density at radius 3 is 2.41 bits per heavy atom. The number of primary amides is 1. The van der Waals surface area contributed by atoms with E-state index in [1.54, 1.807) is 24.3 Å². The van der Waals surface area contributed by atoms with Crippen LogP contribution in [0.3, 0.4) is 0 Å². The molecule has 2 aromatic rings. The number of amides is 1. The molecule has 11 nitrogen and oxygen atoms in total. The standard InChI is InChI=1S/C24H28N5O6PS/c1-2-18-19(14-25)23(29-10-8-17(9-11-29)34-12-13-35-36(31,32)33)28-24(20(18)15-26)37-21(22(27)30)16-6-4-3-5-7-16/h3-7,17,21H,2,8-13H2,1H3,(H2,27,30)(H2,31,32,33). The predicted octanol–water partition coefficient (Wildman–Crippen LogP) is 2.80. The Labute approximate surface area is 219 Å². The van der Waals surface area contributed by atoms with Gasteiger partial charge in [0, 0.05) is 13.1 Å². The number of thioether (sulfide) groups is 1. The molecule has 3 rings (SSSR count). The fourth-order valence-corrected chi connectivity index (χ4v) is 5.50. The molecule has 2 heterocycles. The van der Waals surface area contributed by atoms with Gasteiger partial charge in [-0.25, -0.2) is 9.55 Å². The summed E-state index contributed by atoms with van der Waals surface area (Å²) in [6, 6.07) is 13.4. The van der Waals surface area contributed by atoms with Gasteiger partial charge in [-0.3, -0.25) is 9.32 Å². The van der Waals surface area contributed by atoms with Gasteiger partial charge in [0.2, 0.25) is 5.91 Å². The molecule has 1 fully saturated rings. The van der Waals surface area contributed by atoms with Crippen LogP contribution in [0.1, 0.15) is 47.3 Å². The van der Waals surface area contributed by atoms with Crippen LogP contribution >= 0.6 is 19.6 Å². The van der Waals surface area contributed by atoms with Gasteiger partial charge in [0.1, 0.15) is 28.2 Å². The molecule has 196 valence electrons. The minimum absolute atomic E-state index is 0.0447. The molecule has 0 spiro atoms. The largest absolute Gasteiger partial charge is 0.469 e. The van der Waals surface area contributed by atoms with Crippen molar-refractivity contribution in [1.29, 1.82) is 10.5 Å². The van der Waals surface area contributed by atoms with Crippen LogP contribution in [-0.2, 0) is 25.0 Å². The van der Waals surface area contributed by atoms with E-state index in [4.69, 9.17) is 25.2 Å². The van der Waals surface area contributed by atoms with E-state index < -0.39 is 19.0 Å². The van der Waals surface area contributed by atoms with Gasteiger partial charge in [0.05, 0.1) is 30.4 Å². The van der Waals surface area contributed by atoms with E-state index in [2.05, 4.69) is 16.7 Å². The van der Waals surface area contributed by atoms with Crippen LogP contribution in [0.15, 0.2) is 35.4 Å². The summed E-state index contributed by atoms with van der Waals surface area (Å²) in [4.78, 5) is 36.5. The van der Waals surface area contributed by atoms with Gasteiger partial charge in [-0.05, 0) is 30.4 Å². The summed E-state index contributed by atoms with van der Waals surface area (Å²) in [7, 11) is -4.53. The Morgan fingerprint density at radius 1 is 1.22 bits per heavy atom. The molecule has 37 heavy (non-hydrogen) atoms. The molecule has 1 saturated heterocycles. The Kier molecular flexibility index (Phi) is 10.1. The Morgan fingerprint density at radius 2 is 1.86 bits per heavy atom. The second-order valence-corrected chi connectivity index (χ2v) is 10.6. The number of piperidine rings is 1. The van der Waals surface area contributed by atoms with Crippen molar-refractivity contribution in [1.82, 2.24) is 4.98 Å². The quantitative estimate of drug-likeness (QED) is 0.214. The number of nitrogens with zero attached hydrogens (tertiary/aromatic N) is 4.